The predicted octanol–water partition coefficient (Wildman–Crippen LogP) is 3.64. The van der Waals surface area contributed by atoms with E-state index in [1.54, 1.807) is 14.2 Å². The highest BCUT2D eigenvalue weighted by atomic mass is 16.5. The Kier molecular flexibility index (Phi) is 6.28. The lowest BCUT2D eigenvalue weighted by molar-refractivity contribution is 0.354. The predicted molar refractivity (Wildman–Crippen MR) is 91.0 cm³/mol. The van der Waals surface area contributed by atoms with Crippen molar-refractivity contribution in [3.63, 3.8) is 0 Å². The number of rotatable bonds is 8. The Morgan fingerprint density at radius 3 is 2.36 bits per heavy atom. The number of hydrogen-bond acceptors (Lipinski definition) is 3. The quantitative estimate of drug-likeness (QED) is 0.755. The van der Waals surface area contributed by atoms with Crippen molar-refractivity contribution in [1.82, 2.24) is 5.32 Å². The van der Waals surface area contributed by atoms with E-state index in [9.17, 15) is 0 Å². The van der Waals surface area contributed by atoms with Crippen LogP contribution in [0.3, 0.4) is 0 Å². The second-order valence-electron chi connectivity index (χ2n) is 5.46. The third-order valence-electron chi connectivity index (χ3n) is 3.86. The molecule has 0 amide bonds. The summed E-state index contributed by atoms with van der Waals surface area (Å²) in [6.45, 7) is 4.18. The van der Waals surface area contributed by atoms with Crippen molar-refractivity contribution in [2.24, 2.45) is 0 Å². The summed E-state index contributed by atoms with van der Waals surface area (Å²) < 4.78 is 10.6. The molecular weight excluding hydrogens is 274 g/mol. The molecule has 0 heterocycles. The maximum Gasteiger partial charge on any atom is 0.160 e. The molecule has 0 bridgehead atoms. The molecular formula is C19H25NO2. The van der Waals surface area contributed by atoms with Crippen LogP contribution in [0, 0.1) is 0 Å². The minimum Gasteiger partial charge on any atom is -0.493 e. The van der Waals surface area contributed by atoms with Crippen LogP contribution in [0.5, 0.6) is 11.5 Å². The molecule has 0 saturated heterocycles. The van der Waals surface area contributed by atoms with Crippen LogP contribution in [-0.2, 0) is 6.42 Å². The number of nitrogens with one attached hydrogen (secondary N) is 1. The number of benzene rings is 2. The third kappa shape index (κ3) is 4.50. The van der Waals surface area contributed by atoms with Gasteiger partial charge in [-0.3, -0.25) is 0 Å². The third-order valence-corrected chi connectivity index (χ3v) is 3.86. The van der Waals surface area contributed by atoms with Gasteiger partial charge in [-0.25, -0.2) is 0 Å². The van der Waals surface area contributed by atoms with E-state index in [-0.39, 0.29) is 0 Å². The van der Waals surface area contributed by atoms with Crippen LogP contribution in [-0.4, -0.2) is 27.3 Å². The fourth-order valence-electron chi connectivity index (χ4n) is 2.49. The molecule has 1 N–H and O–H groups in total. The van der Waals surface area contributed by atoms with Gasteiger partial charge in [0.2, 0.25) is 0 Å². The van der Waals surface area contributed by atoms with Gasteiger partial charge in [0, 0.05) is 6.54 Å². The van der Waals surface area contributed by atoms with Gasteiger partial charge in [-0.05, 0) is 42.1 Å². The summed E-state index contributed by atoms with van der Waals surface area (Å²) in [5.74, 6) is 2.08. The molecule has 118 valence electrons. The topological polar surface area (TPSA) is 30.5 Å². The van der Waals surface area contributed by atoms with Crippen molar-refractivity contribution in [3.8, 4) is 11.5 Å². The molecule has 2 aromatic rings. The average Bonchev–Trinajstić information content (AvgIpc) is 2.59. The van der Waals surface area contributed by atoms with Crippen molar-refractivity contribution in [2.75, 3.05) is 27.3 Å². The van der Waals surface area contributed by atoms with Gasteiger partial charge in [0.15, 0.2) is 11.5 Å². The molecule has 3 heteroatoms. The van der Waals surface area contributed by atoms with Gasteiger partial charge in [-0.2, -0.15) is 0 Å². The minimum atomic E-state index is 0.520. The summed E-state index contributed by atoms with van der Waals surface area (Å²) in [6, 6.07) is 16.7. The van der Waals surface area contributed by atoms with Gasteiger partial charge < -0.3 is 14.8 Å². The summed E-state index contributed by atoms with van der Waals surface area (Å²) in [7, 11) is 3.32. The van der Waals surface area contributed by atoms with E-state index in [0.29, 0.717) is 5.92 Å². The molecule has 0 saturated carbocycles. The van der Waals surface area contributed by atoms with Crippen LogP contribution in [0.2, 0.25) is 0 Å². The first-order chi connectivity index (χ1) is 10.7. The summed E-state index contributed by atoms with van der Waals surface area (Å²) in [4.78, 5) is 0. The monoisotopic (exact) mass is 299 g/mol. The first kappa shape index (κ1) is 16.4. The Balaban J connectivity index is 1.79. The second kappa shape index (κ2) is 8.44. The Bertz CT molecular complexity index is 569. The van der Waals surface area contributed by atoms with Gasteiger partial charge in [0.05, 0.1) is 14.2 Å². The Morgan fingerprint density at radius 2 is 1.68 bits per heavy atom. The van der Waals surface area contributed by atoms with Crippen LogP contribution in [0.25, 0.3) is 0 Å². The molecule has 0 aliphatic carbocycles. The summed E-state index contributed by atoms with van der Waals surface area (Å²) >= 11 is 0. The van der Waals surface area contributed by atoms with Gasteiger partial charge in [0.1, 0.15) is 0 Å². The summed E-state index contributed by atoms with van der Waals surface area (Å²) in [6.07, 6.45) is 0.974. The van der Waals surface area contributed by atoms with Gasteiger partial charge in [-0.15, -0.1) is 0 Å². The van der Waals surface area contributed by atoms with Crippen LogP contribution in [0.15, 0.2) is 48.5 Å². The summed E-state index contributed by atoms with van der Waals surface area (Å²) in [5.41, 5.74) is 2.62. The molecule has 22 heavy (non-hydrogen) atoms. The van der Waals surface area contributed by atoms with Crippen molar-refractivity contribution in [2.45, 2.75) is 19.3 Å². The van der Waals surface area contributed by atoms with Crippen LogP contribution in [0.1, 0.15) is 24.0 Å². The highest BCUT2D eigenvalue weighted by Gasteiger charge is 2.06. The van der Waals surface area contributed by atoms with Gasteiger partial charge >= 0.3 is 0 Å². The van der Waals surface area contributed by atoms with Gasteiger partial charge in [-0.1, -0.05) is 43.3 Å². The highest BCUT2D eigenvalue weighted by Crippen LogP contribution is 2.27. The van der Waals surface area contributed by atoms with Gasteiger partial charge in [0.25, 0.3) is 0 Å². The van der Waals surface area contributed by atoms with Crippen molar-refractivity contribution in [3.05, 3.63) is 59.7 Å². The number of ether oxygens (including phenoxy) is 2. The lowest BCUT2D eigenvalue weighted by Gasteiger charge is -2.13. The van der Waals surface area contributed by atoms with Crippen molar-refractivity contribution in [1.29, 1.82) is 0 Å². The maximum atomic E-state index is 5.33. The molecule has 1 atom stereocenters. The fraction of sp³-hybridized carbons (Fsp3) is 0.368. The minimum absolute atomic E-state index is 0.520. The molecule has 0 unspecified atom stereocenters. The van der Waals surface area contributed by atoms with E-state index < -0.39 is 0 Å². The van der Waals surface area contributed by atoms with Crippen LogP contribution < -0.4 is 14.8 Å². The molecule has 3 nitrogen and oxygen atoms in total. The molecule has 2 rings (SSSR count). The smallest absolute Gasteiger partial charge is 0.160 e. The molecule has 0 aliphatic rings. The Labute approximate surface area is 133 Å². The van der Waals surface area contributed by atoms with Crippen LogP contribution in [0.4, 0.5) is 0 Å². The van der Waals surface area contributed by atoms with E-state index in [4.69, 9.17) is 9.47 Å². The fourth-order valence-corrected chi connectivity index (χ4v) is 2.49. The Hall–Kier alpha value is -2.00. The van der Waals surface area contributed by atoms with Crippen molar-refractivity contribution >= 4 is 0 Å². The zero-order valence-electron chi connectivity index (χ0n) is 13.6. The first-order valence-corrected chi connectivity index (χ1v) is 7.71. The molecule has 0 fully saturated rings. The lowest BCUT2D eigenvalue weighted by atomic mass is 10.0. The van der Waals surface area contributed by atoms with Crippen LogP contribution >= 0.6 is 0 Å². The maximum absolute atomic E-state index is 5.33. The molecule has 0 spiro atoms. The second-order valence-corrected chi connectivity index (χ2v) is 5.46. The van der Waals surface area contributed by atoms with E-state index >= 15 is 0 Å². The largest absolute Gasteiger partial charge is 0.493 e. The van der Waals surface area contributed by atoms with E-state index in [1.807, 2.05) is 12.1 Å². The Morgan fingerprint density at radius 1 is 0.955 bits per heavy atom. The highest BCUT2D eigenvalue weighted by molar-refractivity contribution is 5.42. The molecule has 2 aromatic carbocycles. The van der Waals surface area contributed by atoms with E-state index in [0.717, 1.165) is 31.0 Å². The zero-order valence-corrected chi connectivity index (χ0v) is 13.6. The SMILES string of the molecule is COc1ccc(CCNC[C@@H](C)c2ccccc2)cc1OC. The average molecular weight is 299 g/mol. The standard InChI is InChI=1S/C19H25NO2/c1-15(17-7-5-4-6-8-17)14-20-12-11-16-9-10-18(21-2)19(13-16)22-3/h4-10,13,15,20H,11-12,14H2,1-3H3/t15-/m1/s1. The first-order valence-electron chi connectivity index (χ1n) is 7.71. The van der Waals surface area contributed by atoms with Crippen molar-refractivity contribution < 1.29 is 9.47 Å². The van der Waals surface area contributed by atoms with E-state index in [2.05, 4.69) is 48.6 Å². The molecule has 0 aliphatic heterocycles. The summed E-state index contributed by atoms with van der Waals surface area (Å²) in [5, 5.41) is 3.53. The molecule has 0 aromatic heterocycles. The zero-order chi connectivity index (χ0) is 15.8. The number of methoxy groups -OCH3 is 2. The number of hydrogen-bond donors (Lipinski definition) is 1. The lowest BCUT2D eigenvalue weighted by Crippen LogP contribution is -2.22. The molecule has 0 radical (unpaired) electrons. The van der Waals surface area contributed by atoms with E-state index in [1.165, 1.54) is 11.1 Å². The normalized spacial score (nSPS) is 12.0.